The van der Waals surface area contributed by atoms with Crippen LogP contribution in [0.15, 0.2) is 18.2 Å². The maximum absolute atomic E-state index is 13.5. The number of halogens is 1. The van der Waals surface area contributed by atoms with Crippen LogP contribution in [0.25, 0.3) is 0 Å². The number of likely N-dealkylation sites (N-methyl/N-ethyl adjacent to an activating group) is 1. The number of methoxy groups -OCH3 is 1. The Balaban J connectivity index is 2.80. The van der Waals surface area contributed by atoms with Gasteiger partial charge in [0.25, 0.3) is 0 Å². The van der Waals surface area contributed by atoms with Gasteiger partial charge in [-0.15, -0.1) is 0 Å². The molecule has 0 saturated heterocycles. The molecule has 4 heteroatoms. The van der Waals surface area contributed by atoms with E-state index in [9.17, 15) is 4.39 Å². The molecule has 0 saturated carbocycles. The normalized spacial score (nSPS) is 12.1. The van der Waals surface area contributed by atoms with Crippen LogP contribution in [0.5, 0.6) is 0 Å². The molecule has 0 spiro atoms. The van der Waals surface area contributed by atoms with E-state index in [1.54, 1.807) is 7.11 Å². The zero-order chi connectivity index (χ0) is 14.3. The van der Waals surface area contributed by atoms with E-state index >= 15 is 0 Å². The lowest BCUT2D eigenvalue weighted by Gasteiger charge is -2.24. The summed E-state index contributed by atoms with van der Waals surface area (Å²) in [4.78, 5) is 2.11. The quantitative estimate of drug-likeness (QED) is 0.821. The third kappa shape index (κ3) is 5.39. The lowest BCUT2D eigenvalue weighted by atomic mass is 10.1. The van der Waals surface area contributed by atoms with Gasteiger partial charge in [0.2, 0.25) is 0 Å². The highest BCUT2D eigenvalue weighted by atomic mass is 19.1. The fraction of sp³-hybridized carbons (Fsp3) is 0.467. The van der Waals surface area contributed by atoms with Crippen molar-refractivity contribution in [2.24, 2.45) is 5.73 Å². The lowest BCUT2D eigenvalue weighted by molar-refractivity contribution is 0.112. The summed E-state index contributed by atoms with van der Waals surface area (Å²) in [6, 6.07) is 5.11. The van der Waals surface area contributed by atoms with E-state index in [0.717, 1.165) is 5.56 Å². The first kappa shape index (κ1) is 15.6. The summed E-state index contributed by atoms with van der Waals surface area (Å²) >= 11 is 0. The second kappa shape index (κ2) is 7.90. The number of ether oxygens (including phenoxy) is 1. The second-order valence-electron chi connectivity index (χ2n) is 4.57. The van der Waals surface area contributed by atoms with Gasteiger partial charge in [-0.3, -0.25) is 4.90 Å². The minimum absolute atomic E-state index is 0.270. The van der Waals surface area contributed by atoms with E-state index in [4.69, 9.17) is 10.5 Å². The Morgan fingerprint density at radius 2 is 2.16 bits per heavy atom. The van der Waals surface area contributed by atoms with E-state index in [0.29, 0.717) is 18.7 Å². The Kier molecular flexibility index (Phi) is 6.51. The van der Waals surface area contributed by atoms with Gasteiger partial charge >= 0.3 is 0 Å². The number of hydrogen-bond acceptors (Lipinski definition) is 3. The van der Waals surface area contributed by atoms with Crippen molar-refractivity contribution < 1.29 is 9.13 Å². The van der Waals surface area contributed by atoms with Crippen molar-refractivity contribution in [3.63, 3.8) is 0 Å². The number of nitrogens with zero attached hydrogens (tertiary/aromatic N) is 1. The van der Waals surface area contributed by atoms with Crippen molar-refractivity contribution in [1.29, 1.82) is 0 Å². The molecule has 1 unspecified atom stereocenters. The van der Waals surface area contributed by atoms with Crippen LogP contribution in [0.2, 0.25) is 0 Å². The predicted molar refractivity (Wildman–Crippen MR) is 75.1 cm³/mol. The zero-order valence-electron chi connectivity index (χ0n) is 11.7. The first-order chi connectivity index (χ1) is 9.06. The number of rotatable bonds is 5. The summed E-state index contributed by atoms with van der Waals surface area (Å²) in [6.45, 7) is 3.64. The lowest BCUT2D eigenvalue weighted by Crippen LogP contribution is -2.32. The molecule has 0 heterocycles. The van der Waals surface area contributed by atoms with Crippen molar-refractivity contribution in [2.75, 3.05) is 27.3 Å². The Morgan fingerprint density at radius 1 is 1.42 bits per heavy atom. The van der Waals surface area contributed by atoms with Crippen molar-refractivity contribution in [3.05, 3.63) is 35.1 Å². The van der Waals surface area contributed by atoms with Gasteiger partial charge in [-0.05, 0) is 37.7 Å². The molecule has 104 valence electrons. The third-order valence-corrected chi connectivity index (χ3v) is 2.88. The molecule has 0 aliphatic heterocycles. The molecule has 1 aromatic rings. The predicted octanol–water partition coefficient (Wildman–Crippen LogP) is 1.60. The summed E-state index contributed by atoms with van der Waals surface area (Å²) in [7, 11) is 3.66. The molecule has 0 fully saturated rings. The van der Waals surface area contributed by atoms with Crippen molar-refractivity contribution in [2.45, 2.75) is 19.5 Å². The van der Waals surface area contributed by atoms with E-state index in [2.05, 4.69) is 23.7 Å². The fourth-order valence-corrected chi connectivity index (χ4v) is 1.78. The minimum atomic E-state index is -0.272. The van der Waals surface area contributed by atoms with Crippen LogP contribution in [0.1, 0.15) is 18.1 Å². The summed E-state index contributed by atoms with van der Waals surface area (Å²) in [5, 5.41) is 0. The van der Waals surface area contributed by atoms with Crippen LogP contribution < -0.4 is 5.73 Å². The van der Waals surface area contributed by atoms with Crippen LogP contribution in [0.3, 0.4) is 0 Å². The van der Waals surface area contributed by atoms with Crippen molar-refractivity contribution in [3.8, 4) is 11.8 Å². The second-order valence-corrected chi connectivity index (χ2v) is 4.57. The molecule has 19 heavy (non-hydrogen) atoms. The molecular weight excluding hydrogens is 243 g/mol. The van der Waals surface area contributed by atoms with E-state index in [-0.39, 0.29) is 18.4 Å². The monoisotopic (exact) mass is 264 g/mol. The molecule has 1 rings (SSSR count). The molecule has 0 radical (unpaired) electrons. The average Bonchev–Trinajstić information content (AvgIpc) is 2.36. The summed E-state index contributed by atoms with van der Waals surface area (Å²) in [5.74, 6) is 5.32. The molecule has 1 aromatic carbocycles. The van der Waals surface area contributed by atoms with Crippen LogP contribution in [-0.4, -0.2) is 38.3 Å². The van der Waals surface area contributed by atoms with Crippen LogP contribution >= 0.6 is 0 Å². The molecule has 2 N–H and O–H groups in total. The van der Waals surface area contributed by atoms with Gasteiger partial charge < -0.3 is 10.5 Å². The molecule has 0 aliphatic carbocycles. The summed E-state index contributed by atoms with van der Waals surface area (Å²) < 4.78 is 18.6. The molecule has 0 amide bonds. The average molecular weight is 264 g/mol. The topological polar surface area (TPSA) is 38.5 Å². The van der Waals surface area contributed by atoms with E-state index < -0.39 is 0 Å². The summed E-state index contributed by atoms with van der Waals surface area (Å²) in [5.41, 5.74) is 6.87. The molecule has 3 nitrogen and oxygen atoms in total. The van der Waals surface area contributed by atoms with Crippen LogP contribution in [0.4, 0.5) is 4.39 Å². The van der Waals surface area contributed by atoms with E-state index in [1.807, 2.05) is 13.1 Å². The van der Waals surface area contributed by atoms with Gasteiger partial charge in [-0.1, -0.05) is 11.8 Å². The minimum Gasteiger partial charge on any atom is -0.383 e. The van der Waals surface area contributed by atoms with Gasteiger partial charge in [0.05, 0.1) is 13.2 Å². The standard InChI is InChI=1S/C15H21FN2O/c1-12(11-19-3)18(2)10-14-7-13(5-4-6-17)8-15(16)9-14/h7-9,12H,6,10-11,17H2,1-3H3. The maximum Gasteiger partial charge on any atom is 0.124 e. The Hall–Kier alpha value is -1.41. The van der Waals surface area contributed by atoms with Crippen LogP contribution in [-0.2, 0) is 11.3 Å². The molecular formula is C15H21FN2O. The highest BCUT2D eigenvalue weighted by Gasteiger charge is 2.10. The van der Waals surface area contributed by atoms with Gasteiger partial charge in [-0.25, -0.2) is 4.39 Å². The SMILES string of the molecule is COCC(C)N(C)Cc1cc(F)cc(C#CCN)c1. The Bertz CT molecular complexity index is 465. The largest absolute Gasteiger partial charge is 0.383 e. The van der Waals surface area contributed by atoms with Crippen molar-refractivity contribution in [1.82, 2.24) is 4.90 Å². The van der Waals surface area contributed by atoms with Gasteiger partial charge in [0.15, 0.2) is 0 Å². The highest BCUT2D eigenvalue weighted by molar-refractivity contribution is 5.38. The molecule has 0 aliphatic rings. The van der Waals surface area contributed by atoms with Crippen molar-refractivity contribution >= 4 is 0 Å². The fourth-order valence-electron chi connectivity index (χ4n) is 1.78. The van der Waals surface area contributed by atoms with Gasteiger partial charge in [0.1, 0.15) is 5.82 Å². The Morgan fingerprint density at radius 3 is 2.79 bits per heavy atom. The first-order valence-corrected chi connectivity index (χ1v) is 6.24. The number of hydrogen-bond donors (Lipinski definition) is 1. The smallest absolute Gasteiger partial charge is 0.124 e. The Labute approximate surface area is 114 Å². The zero-order valence-corrected chi connectivity index (χ0v) is 11.7. The van der Waals surface area contributed by atoms with Gasteiger partial charge in [0, 0.05) is 25.3 Å². The molecule has 0 bridgehead atoms. The molecule has 0 aromatic heterocycles. The maximum atomic E-state index is 13.5. The molecule has 1 atom stereocenters. The number of benzene rings is 1. The third-order valence-electron chi connectivity index (χ3n) is 2.88. The first-order valence-electron chi connectivity index (χ1n) is 6.24. The summed E-state index contributed by atoms with van der Waals surface area (Å²) in [6.07, 6.45) is 0. The van der Waals surface area contributed by atoms with Crippen LogP contribution in [0, 0.1) is 17.7 Å². The van der Waals surface area contributed by atoms with Gasteiger partial charge in [-0.2, -0.15) is 0 Å². The highest BCUT2D eigenvalue weighted by Crippen LogP contribution is 2.12. The van der Waals surface area contributed by atoms with E-state index in [1.165, 1.54) is 12.1 Å². The number of nitrogens with two attached hydrogens (primary N) is 1.